The molecule has 0 bridgehead atoms. The molecule has 0 aliphatic rings. The average molecular weight is 257 g/mol. The molecule has 0 spiro atoms. The molecule has 96 valence electrons. The zero-order valence-electron chi connectivity index (χ0n) is 10.8. The second-order valence-corrected chi connectivity index (χ2v) is 4.43. The monoisotopic (exact) mass is 256 g/mol. The van der Waals surface area contributed by atoms with E-state index in [9.17, 15) is 4.79 Å². The van der Waals surface area contributed by atoms with Crippen molar-refractivity contribution in [3.8, 4) is 0 Å². The Labute approximate surface area is 109 Å². The minimum atomic E-state index is -0.562. The van der Waals surface area contributed by atoms with Crippen LogP contribution >= 0.6 is 12.4 Å². The van der Waals surface area contributed by atoms with Crippen LogP contribution in [0.15, 0.2) is 24.3 Å². The van der Waals surface area contributed by atoms with Gasteiger partial charge in [-0.15, -0.1) is 12.4 Å². The molecule has 3 nitrogen and oxygen atoms in total. The Hall–Kier alpha value is -1.06. The van der Waals surface area contributed by atoms with Gasteiger partial charge in [0.25, 0.3) is 0 Å². The molecule has 0 aliphatic carbocycles. The van der Waals surface area contributed by atoms with E-state index in [0.29, 0.717) is 0 Å². The quantitative estimate of drug-likeness (QED) is 0.902. The first-order valence-corrected chi connectivity index (χ1v) is 5.52. The molecule has 1 aromatic carbocycles. The number of nitrogens with zero attached hydrogens (tertiary/aromatic N) is 1. The summed E-state index contributed by atoms with van der Waals surface area (Å²) in [5, 5.41) is 0. The van der Waals surface area contributed by atoms with E-state index < -0.39 is 6.04 Å². The van der Waals surface area contributed by atoms with E-state index in [2.05, 4.69) is 0 Å². The molecule has 0 fully saturated rings. The van der Waals surface area contributed by atoms with Crippen molar-refractivity contribution in [2.45, 2.75) is 32.9 Å². The van der Waals surface area contributed by atoms with E-state index in [4.69, 9.17) is 5.73 Å². The molecule has 0 saturated carbocycles. The lowest BCUT2D eigenvalue weighted by Gasteiger charge is -2.25. The van der Waals surface area contributed by atoms with Gasteiger partial charge in [0, 0.05) is 13.1 Å². The number of aryl methyl sites for hydroxylation is 1. The third kappa shape index (κ3) is 4.02. The van der Waals surface area contributed by atoms with E-state index >= 15 is 0 Å². The number of rotatable bonds is 3. The highest BCUT2D eigenvalue weighted by molar-refractivity contribution is 5.85. The first kappa shape index (κ1) is 15.9. The Kier molecular flexibility index (Phi) is 6.21. The van der Waals surface area contributed by atoms with Crippen LogP contribution in [0, 0.1) is 6.92 Å². The number of likely N-dealkylation sites (N-methyl/N-ethyl adjacent to an activating group) is 1. The van der Waals surface area contributed by atoms with Gasteiger partial charge in [0.05, 0.1) is 0 Å². The molecule has 0 saturated heterocycles. The van der Waals surface area contributed by atoms with Crippen LogP contribution in [0.1, 0.15) is 31.0 Å². The molecule has 0 aliphatic heterocycles. The van der Waals surface area contributed by atoms with E-state index in [0.717, 1.165) is 5.56 Å². The summed E-state index contributed by atoms with van der Waals surface area (Å²) in [5.41, 5.74) is 7.97. The molecule has 0 radical (unpaired) electrons. The highest BCUT2D eigenvalue weighted by Gasteiger charge is 2.21. The number of benzene rings is 1. The van der Waals surface area contributed by atoms with Crippen LogP contribution in [0.25, 0.3) is 0 Å². The van der Waals surface area contributed by atoms with Crippen molar-refractivity contribution in [1.29, 1.82) is 0 Å². The lowest BCUT2D eigenvalue weighted by atomic mass is 10.0. The SMILES string of the molecule is Cc1ccc(C(N)C(=O)N(C)C(C)C)cc1.Cl. The second kappa shape index (κ2) is 6.62. The van der Waals surface area contributed by atoms with Crippen molar-refractivity contribution < 1.29 is 4.79 Å². The fourth-order valence-electron chi connectivity index (χ4n) is 1.39. The summed E-state index contributed by atoms with van der Waals surface area (Å²) in [4.78, 5) is 13.6. The number of nitrogens with two attached hydrogens (primary N) is 1. The summed E-state index contributed by atoms with van der Waals surface area (Å²) in [6.45, 7) is 5.96. The van der Waals surface area contributed by atoms with E-state index in [1.165, 1.54) is 5.56 Å². The zero-order chi connectivity index (χ0) is 12.3. The third-order valence-electron chi connectivity index (χ3n) is 2.82. The summed E-state index contributed by atoms with van der Waals surface area (Å²) < 4.78 is 0. The number of carbonyl (C=O) groups is 1. The third-order valence-corrected chi connectivity index (χ3v) is 2.82. The molecule has 17 heavy (non-hydrogen) atoms. The van der Waals surface area contributed by atoms with Gasteiger partial charge in [-0.1, -0.05) is 29.8 Å². The van der Waals surface area contributed by atoms with Crippen molar-refractivity contribution >= 4 is 18.3 Å². The van der Waals surface area contributed by atoms with Gasteiger partial charge in [-0.25, -0.2) is 0 Å². The van der Waals surface area contributed by atoms with Gasteiger partial charge in [-0.2, -0.15) is 0 Å². The smallest absolute Gasteiger partial charge is 0.244 e. The second-order valence-electron chi connectivity index (χ2n) is 4.43. The van der Waals surface area contributed by atoms with Crippen molar-refractivity contribution in [3.63, 3.8) is 0 Å². The topological polar surface area (TPSA) is 46.3 Å². The highest BCUT2D eigenvalue weighted by Crippen LogP contribution is 2.14. The van der Waals surface area contributed by atoms with Gasteiger partial charge in [-0.05, 0) is 26.3 Å². The molecule has 1 aromatic rings. The Morgan fingerprint density at radius 2 is 1.71 bits per heavy atom. The van der Waals surface area contributed by atoms with Crippen LogP contribution in [-0.2, 0) is 4.79 Å². The van der Waals surface area contributed by atoms with Gasteiger partial charge in [0.15, 0.2) is 0 Å². The number of amides is 1. The summed E-state index contributed by atoms with van der Waals surface area (Å²) in [6, 6.07) is 7.37. The maximum Gasteiger partial charge on any atom is 0.244 e. The van der Waals surface area contributed by atoms with Gasteiger partial charge in [0.2, 0.25) is 5.91 Å². The molecule has 1 rings (SSSR count). The molecule has 0 heterocycles. The number of hydrogen-bond donors (Lipinski definition) is 1. The zero-order valence-corrected chi connectivity index (χ0v) is 11.6. The Morgan fingerprint density at radius 1 is 1.24 bits per heavy atom. The maximum atomic E-state index is 12.0. The molecule has 2 N–H and O–H groups in total. The Morgan fingerprint density at radius 3 is 2.12 bits per heavy atom. The molecule has 4 heteroatoms. The average Bonchev–Trinajstić information content (AvgIpc) is 2.27. The minimum Gasteiger partial charge on any atom is -0.342 e. The molecule has 0 aromatic heterocycles. The van der Waals surface area contributed by atoms with Crippen LogP contribution in [0.3, 0.4) is 0 Å². The molecular formula is C13H21ClN2O. The Balaban J connectivity index is 0.00000256. The van der Waals surface area contributed by atoms with E-state index in [1.807, 2.05) is 45.0 Å². The van der Waals surface area contributed by atoms with Gasteiger partial charge in [-0.3, -0.25) is 4.79 Å². The molecule has 1 amide bonds. The fourth-order valence-corrected chi connectivity index (χ4v) is 1.39. The van der Waals surface area contributed by atoms with Crippen LogP contribution in [0.2, 0.25) is 0 Å². The minimum absolute atomic E-state index is 0. The highest BCUT2D eigenvalue weighted by atomic mass is 35.5. The lowest BCUT2D eigenvalue weighted by Crippen LogP contribution is -2.39. The molecular weight excluding hydrogens is 236 g/mol. The number of halogens is 1. The predicted octanol–water partition coefficient (Wildman–Crippen LogP) is 2.28. The summed E-state index contributed by atoms with van der Waals surface area (Å²) in [5.74, 6) is -0.0427. The van der Waals surface area contributed by atoms with Crippen LogP contribution in [0.4, 0.5) is 0 Å². The number of hydrogen-bond acceptors (Lipinski definition) is 2. The van der Waals surface area contributed by atoms with E-state index in [-0.39, 0.29) is 24.4 Å². The van der Waals surface area contributed by atoms with Gasteiger partial charge < -0.3 is 10.6 Å². The van der Waals surface area contributed by atoms with Gasteiger partial charge in [0.1, 0.15) is 6.04 Å². The standard InChI is InChI=1S/C13H20N2O.ClH/c1-9(2)15(4)13(16)12(14)11-7-5-10(3)6-8-11;/h5-9,12H,14H2,1-4H3;1H. The molecule has 1 unspecified atom stereocenters. The van der Waals surface area contributed by atoms with Crippen LogP contribution in [-0.4, -0.2) is 23.9 Å². The summed E-state index contributed by atoms with van der Waals surface area (Å²) >= 11 is 0. The first-order chi connectivity index (χ1) is 7.43. The number of carbonyl (C=O) groups excluding carboxylic acids is 1. The van der Waals surface area contributed by atoms with Crippen molar-refractivity contribution in [2.24, 2.45) is 5.73 Å². The van der Waals surface area contributed by atoms with E-state index in [1.54, 1.807) is 11.9 Å². The Bertz CT molecular complexity index is 362. The van der Waals surface area contributed by atoms with Gasteiger partial charge >= 0.3 is 0 Å². The van der Waals surface area contributed by atoms with Crippen molar-refractivity contribution in [2.75, 3.05) is 7.05 Å². The summed E-state index contributed by atoms with van der Waals surface area (Å²) in [6.07, 6.45) is 0. The predicted molar refractivity (Wildman–Crippen MR) is 73.3 cm³/mol. The summed E-state index contributed by atoms with van der Waals surface area (Å²) in [7, 11) is 1.78. The van der Waals surface area contributed by atoms with Crippen molar-refractivity contribution in [1.82, 2.24) is 4.90 Å². The van der Waals surface area contributed by atoms with Crippen LogP contribution < -0.4 is 5.73 Å². The van der Waals surface area contributed by atoms with Crippen molar-refractivity contribution in [3.05, 3.63) is 35.4 Å². The lowest BCUT2D eigenvalue weighted by molar-refractivity contribution is -0.132. The molecule has 1 atom stereocenters. The largest absolute Gasteiger partial charge is 0.342 e. The first-order valence-electron chi connectivity index (χ1n) is 5.52. The van der Waals surface area contributed by atoms with Crippen LogP contribution in [0.5, 0.6) is 0 Å². The normalized spacial score (nSPS) is 11.9. The maximum absolute atomic E-state index is 12.0. The fraction of sp³-hybridized carbons (Fsp3) is 0.462.